The fourth-order valence-electron chi connectivity index (χ4n) is 3.13. The monoisotopic (exact) mass is 323 g/mol. The van der Waals surface area contributed by atoms with Crippen LogP contribution in [0.15, 0.2) is 28.7 Å². The first-order valence-corrected chi connectivity index (χ1v) is 8.39. The fourth-order valence-corrected chi connectivity index (χ4v) is 3.40. The zero-order valence-electron chi connectivity index (χ0n) is 12.2. The van der Waals surface area contributed by atoms with Crippen LogP contribution in [0.4, 0.5) is 0 Å². The quantitative estimate of drug-likeness (QED) is 0.803. The predicted octanol–water partition coefficient (Wildman–Crippen LogP) is 4.65. The molecule has 1 nitrogen and oxygen atoms in total. The standard InChI is InChI=1S/C17H26BrN/c1-13(2)11-19-12-16-5-3-4-15(16)10-14-6-8-17(18)9-7-14/h6-9,13,15-16,19H,3-5,10-12H2,1-2H3. The van der Waals surface area contributed by atoms with Crippen LogP contribution in [0.1, 0.15) is 38.7 Å². The van der Waals surface area contributed by atoms with Crippen molar-refractivity contribution in [3.05, 3.63) is 34.3 Å². The highest BCUT2D eigenvalue weighted by molar-refractivity contribution is 9.10. The van der Waals surface area contributed by atoms with Gasteiger partial charge in [0, 0.05) is 4.47 Å². The third-order valence-corrected chi connectivity index (χ3v) is 4.72. The summed E-state index contributed by atoms with van der Waals surface area (Å²) in [7, 11) is 0. The van der Waals surface area contributed by atoms with Crippen molar-refractivity contribution in [2.45, 2.75) is 39.5 Å². The predicted molar refractivity (Wildman–Crippen MR) is 86.4 cm³/mol. The molecule has 2 unspecified atom stereocenters. The second-order valence-electron chi connectivity index (χ2n) is 6.33. The van der Waals surface area contributed by atoms with Gasteiger partial charge < -0.3 is 5.32 Å². The van der Waals surface area contributed by atoms with E-state index >= 15 is 0 Å². The van der Waals surface area contributed by atoms with E-state index in [0.717, 1.165) is 24.3 Å². The molecule has 1 aromatic carbocycles. The van der Waals surface area contributed by atoms with Gasteiger partial charge in [-0.2, -0.15) is 0 Å². The molecule has 2 heteroatoms. The molecule has 0 bridgehead atoms. The Kier molecular flexibility index (Phi) is 5.90. The van der Waals surface area contributed by atoms with Crippen molar-refractivity contribution in [3.63, 3.8) is 0 Å². The molecule has 19 heavy (non-hydrogen) atoms. The molecule has 0 aliphatic heterocycles. The van der Waals surface area contributed by atoms with Gasteiger partial charge in [0.05, 0.1) is 0 Å². The molecular weight excluding hydrogens is 298 g/mol. The van der Waals surface area contributed by atoms with E-state index < -0.39 is 0 Å². The lowest BCUT2D eigenvalue weighted by molar-refractivity contribution is 0.357. The van der Waals surface area contributed by atoms with Gasteiger partial charge in [-0.1, -0.05) is 48.3 Å². The molecule has 2 rings (SSSR count). The number of benzene rings is 1. The van der Waals surface area contributed by atoms with Gasteiger partial charge in [0.15, 0.2) is 0 Å². The molecule has 2 atom stereocenters. The molecule has 0 radical (unpaired) electrons. The summed E-state index contributed by atoms with van der Waals surface area (Å²) in [5.74, 6) is 2.51. The van der Waals surface area contributed by atoms with Crippen molar-refractivity contribution in [3.8, 4) is 0 Å². The van der Waals surface area contributed by atoms with E-state index in [1.807, 2.05) is 0 Å². The molecule has 0 amide bonds. The summed E-state index contributed by atoms with van der Waals surface area (Å²) in [6, 6.07) is 8.86. The fraction of sp³-hybridized carbons (Fsp3) is 0.647. The molecule has 0 spiro atoms. The average Bonchev–Trinajstić information content (AvgIpc) is 2.79. The lowest BCUT2D eigenvalue weighted by atomic mass is 9.89. The molecule has 106 valence electrons. The summed E-state index contributed by atoms with van der Waals surface area (Å²) in [4.78, 5) is 0. The van der Waals surface area contributed by atoms with E-state index in [9.17, 15) is 0 Å². The maximum atomic E-state index is 3.64. The van der Waals surface area contributed by atoms with Crippen LogP contribution in [0, 0.1) is 17.8 Å². The Labute approximate surface area is 126 Å². The molecule has 1 aliphatic rings. The van der Waals surface area contributed by atoms with Crippen LogP contribution in [-0.4, -0.2) is 13.1 Å². The van der Waals surface area contributed by atoms with Crippen LogP contribution in [0.2, 0.25) is 0 Å². The molecule has 1 fully saturated rings. The van der Waals surface area contributed by atoms with E-state index in [1.54, 1.807) is 0 Å². The molecule has 1 aliphatic carbocycles. The third-order valence-electron chi connectivity index (χ3n) is 4.19. The number of hydrogen-bond acceptors (Lipinski definition) is 1. The Bertz CT molecular complexity index is 371. The Morgan fingerprint density at radius 3 is 2.53 bits per heavy atom. The molecule has 0 saturated heterocycles. The molecule has 1 aromatic rings. The van der Waals surface area contributed by atoms with Crippen LogP contribution >= 0.6 is 15.9 Å². The van der Waals surface area contributed by atoms with Gasteiger partial charge in [-0.05, 0) is 67.8 Å². The van der Waals surface area contributed by atoms with Gasteiger partial charge in [0.2, 0.25) is 0 Å². The van der Waals surface area contributed by atoms with Crippen molar-refractivity contribution in [2.24, 2.45) is 17.8 Å². The smallest absolute Gasteiger partial charge is 0.0175 e. The van der Waals surface area contributed by atoms with Crippen LogP contribution in [0.25, 0.3) is 0 Å². The Morgan fingerprint density at radius 1 is 1.16 bits per heavy atom. The van der Waals surface area contributed by atoms with Crippen LogP contribution in [0.3, 0.4) is 0 Å². The van der Waals surface area contributed by atoms with Crippen LogP contribution in [0.5, 0.6) is 0 Å². The normalized spacial score (nSPS) is 23.2. The molecule has 0 aromatic heterocycles. The van der Waals surface area contributed by atoms with Gasteiger partial charge in [-0.3, -0.25) is 0 Å². The highest BCUT2D eigenvalue weighted by Gasteiger charge is 2.26. The van der Waals surface area contributed by atoms with Crippen molar-refractivity contribution < 1.29 is 0 Å². The highest BCUT2D eigenvalue weighted by Crippen LogP contribution is 2.34. The second kappa shape index (κ2) is 7.44. The van der Waals surface area contributed by atoms with Gasteiger partial charge >= 0.3 is 0 Å². The molecule has 1 N–H and O–H groups in total. The van der Waals surface area contributed by atoms with Gasteiger partial charge in [-0.15, -0.1) is 0 Å². The summed E-state index contributed by atoms with van der Waals surface area (Å²) in [5, 5.41) is 3.64. The van der Waals surface area contributed by atoms with E-state index in [2.05, 4.69) is 59.4 Å². The van der Waals surface area contributed by atoms with E-state index in [1.165, 1.54) is 42.3 Å². The van der Waals surface area contributed by atoms with Crippen LogP contribution < -0.4 is 5.32 Å². The zero-order chi connectivity index (χ0) is 13.7. The number of hydrogen-bond donors (Lipinski definition) is 1. The summed E-state index contributed by atoms with van der Waals surface area (Å²) >= 11 is 3.51. The Balaban J connectivity index is 1.83. The first kappa shape index (κ1) is 15.1. The minimum atomic E-state index is 0.756. The van der Waals surface area contributed by atoms with E-state index in [-0.39, 0.29) is 0 Å². The largest absolute Gasteiger partial charge is 0.316 e. The first-order valence-electron chi connectivity index (χ1n) is 7.60. The van der Waals surface area contributed by atoms with Crippen molar-refractivity contribution in [2.75, 3.05) is 13.1 Å². The number of halogens is 1. The number of rotatable bonds is 6. The maximum Gasteiger partial charge on any atom is 0.0175 e. The van der Waals surface area contributed by atoms with Gasteiger partial charge in [0.25, 0.3) is 0 Å². The van der Waals surface area contributed by atoms with E-state index in [4.69, 9.17) is 0 Å². The topological polar surface area (TPSA) is 12.0 Å². The molecular formula is C17H26BrN. The Morgan fingerprint density at radius 2 is 1.84 bits per heavy atom. The molecule has 0 heterocycles. The lowest BCUT2D eigenvalue weighted by Gasteiger charge is -2.21. The zero-order valence-corrected chi connectivity index (χ0v) is 13.7. The van der Waals surface area contributed by atoms with Crippen LogP contribution in [-0.2, 0) is 6.42 Å². The van der Waals surface area contributed by atoms with Crippen molar-refractivity contribution in [1.82, 2.24) is 5.32 Å². The average molecular weight is 324 g/mol. The summed E-state index contributed by atoms with van der Waals surface area (Å²) in [6.07, 6.45) is 5.48. The minimum absolute atomic E-state index is 0.756. The summed E-state index contributed by atoms with van der Waals surface area (Å²) < 4.78 is 1.18. The van der Waals surface area contributed by atoms with Gasteiger partial charge in [0.1, 0.15) is 0 Å². The van der Waals surface area contributed by atoms with E-state index in [0.29, 0.717) is 0 Å². The molecule has 1 saturated carbocycles. The summed E-state index contributed by atoms with van der Waals surface area (Å²) in [5.41, 5.74) is 1.49. The second-order valence-corrected chi connectivity index (χ2v) is 7.25. The SMILES string of the molecule is CC(C)CNCC1CCCC1Cc1ccc(Br)cc1. The highest BCUT2D eigenvalue weighted by atomic mass is 79.9. The minimum Gasteiger partial charge on any atom is -0.316 e. The first-order chi connectivity index (χ1) is 9.15. The Hall–Kier alpha value is -0.340. The van der Waals surface area contributed by atoms with Gasteiger partial charge in [-0.25, -0.2) is 0 Å². The van der Waals surface area contributed by atoms with Crippen molar-refractivity contribution in [1.29, 1.82) is 0 Å². The third kappa shape index (κ3) is 4.92. The maximum absolute atomic E-state index is 3.64. The lowest BCUT2D eigenvalue weighted by Crippen LogP contribution is -2.28. The summed E-state index contributed by atoms with van der Waals surface area (Å²) in [6.45, 7) is 6.92. The number of nitrogens with one attached hydrogen (secondary N) is 1. The van der Waals surface area contributed by atoms with Crippen molar-refractivity contribution >= 4 is 15.9 Å².